The number of aromatic amines is 6. The monoisotopic (exact) mass is 1280 g/mol. The molecule has 0 aliphatic carbocycles. The maximum absolute atomic E-state index is 10.9. The smallest absolute Gasteiger partial charge is 0.119 e. The van der Waals surface area contributed by atoms with Gasteiger partial charge in [0.15, 0.2) is 0 Å². The number of rotatable bonds is 14. The highest BCUT2D eigenvalue weighted by molar-refractivity contribution is 9.10. The summed E-state index contributed by atoms with van der Waals surface area (Å²) in [6, 6.07) is 52.0. The Labute approximate surface area is 532 Å². The van der Waals surface area contributed by atoms with Crippen molar-refractivity contribution in [2.75, 3.05) is 0 Å². The first-order chi connectivity index (χ1) is 41.4. The van der Waals surface area contributed by atoms with Gasteiger partial charge >= 0.3 is 0 Å². The zero-order chi connectivity index (χ0) is 62.1. The number of aliphatic hydroxyl groups excluding tert-OH is 1. The number of aliphatic imine (C=N–C) groups is 2. The van der Waals surface area contributed by atoms with Gasteiger partial charge in [-0.05, 0) is 243 Å². The molecule has 87 heavy (non-hydrogen) atoms. The average Bonchev–Trinajstić information content (AvgIpc) is 1.96. The van der Waals surface area contributed by atoms with Crippen LogP contribution in [0.5, 0.6) is 0 Å². The van der Waals surface area contributed by atoms with Crippen LogP contribution in [0.25, 0.3) is 6.08 Å². The summed E-state index contributed by atoms with van der Waals surface area (Å²) in [4.78, 5) is 31.1. The van der Waals surface area contributed by atoms with Crippen LogP contribution in [-0.2, 0) is 6.42 Å². The first-order valence-electron chi connectivity index (χ1n) is 30.5. The first-order valence-corrected chi connectivity index (χ1v) is 32.1. The fourth-order valence-electron chi connectivity index (χ4n) is 13.6. The van der Waals surface area contributed by atoms with Crippen molar-refractivity contribution in [1.29, 1.82) is 0 Å². The highest BCUT2D eigenvalue weighted by atomic mass is 79.9. The Kier molecular flexibility index (Phi) is 18.8. The van der Waals surface area contributed by atoms with Crippen LogP contribution >= 0.6 is 31.9 Å². The second-order valence-electron chi connectivity index (χ2n) is 26.2. The Balaban J connectivity index is 0.000000164. The number of H-pyrrole nitrogens is 6. The predicted molar refractivity (Wildman–Crippen MR) is 369 cm³/mol. The van der Waals surface area contributed by atoms with E-state index in [9.17, 15) is 5.11 Å². The Morgan fingerprint density at radius 2 is 0.943 bits per heavy atom. The lowest BCUT2D eigenvalue weighted by atomic mass is 9.81. The van der Waals surface area contributed by atoms with Crippen LogP contribution in [0.3, 0.4) is 0 Å². The van der Waals surface area contributed by atoms with Gasteiger partial charge in [-0.15, -0.1) is 0 Å². The van der Waals surface area contributed by atoms with Gasteiger partial charge in [0.25, 0.3) is 0 Å². The largest absolute Gasteiger partial charge is 0.382 e. The molecule has 7 N–H and O–H groups in total. The lowest BCUT2D eigenvalue weighted by Crippen LogP contribution is -2.25. The molecular formula is C76H86Br2N8O. The Bertz CT molecular complexity index is 4050. The molecule has 8 heterocycles. The van der Waals surface area contributed by atoms with Crippen molar-refractivity contribution < 1.29 is 5.11 Å². The van der Waals surface area contributed by atoms with E-state index in [0.717, 1.165) is 56.8 Å². The van der Waals surface area contributed by atoms with E-state index in [-0.39, 0.29) is 28.6 Å². The molecule has 2 aliphatic rings. The molecule has 11 heteroatoms. The van der Waals surface area contributed by atoms with Crippen LogP contribution in [0.4, 0.5) is 0 Å². The molecule has 450 valence electrons. The summed E-state index contributed by atoms with van der Waals surface area (Å²) >= 11 is 7.21. The number of nitrogens with one attached hydrogen (secondary N) is 6. The third-order valence-corrected chi connectivity index (χ3v) is 18.5. The van der Waals surface area contributed by atoms with Crippen LogP contribution < -0.4 is 0 Å². The van der Waals surface area contributed by atoms with E-state index in [1.54, 1.807) is 0 Å². The maximum Gasteiger partial charge on any atom is 0.119 e. The summed E-state index contributed by atoms with van der Waals surface area (Å²) in [5.74, 6) is 0.140. The summed E-state index contributed by atoms with van der Waals surface area (Å²) in [6.07, 6.45) is 6.45. The topological polar surface area (TPSA) is 140 Å². The van der Waals surface area contributed by atoms with E-state index >= 15 is 0 Å². The second kappa shape index (κ2) is 26.1. The van der Waals surface area contributed by atoms with E-state index < -0.39 is 6.10 Å². The normalized spacial score (nSPS) is 17.0. The zero-order valence-electron chi connectivity index (χ0n) is 53.1. The summed E-state index contributed by atoms with van der Waals surface area (Å²) in [7, 11) is 0. The number of aromatic nitrogens is 6. The van der Waals surface area contributed by atoms with Crippen LogP contribution in [0.15, 0.2) is 177 Å². The lowest BCUT2D eigenvalue weighted by Gasteiger charge is -2.25. The number of hydrogen-bond acceptors (Lipinski definition) is 3. The molecule has 6 aromatic heterocycles. The molecule has 0 saturated heterocycles. The molecule has 0 amide bonds. The van der Waals surface area contributed by atoms with Gasteiger partial charge in [-0.3, -0.25) is 9.98 Å². The number of nitrogens with zero attached hydrogens (tertiary/aromatic N) is 2. The van der Waals surface area contributed by atoms with E-state index in [1.807, 2.05) is 55.6 Å². The summed E-state index contributed by atoms with van der Waals surface area (Å²) in [5, 5.41) is 10.9. The minimum absolute atomic E-state index is 0.0240. The molecular weight excluding hydrogens is 1200 g/mol. The van der Waals surface area contributed by atoms with E-state index in [2.05, 4.69) is 266 Å². The molecule has 5 unspecified atom stereocenters. The molecule has 0 radical (unpaired) electrons. The van der Waals surface area contributed by atoms with Crippen LogP contribution in [0.2, 0.25) is 0 Å². The fourth-order valence-corrected chi connectivity index (χ4v) is 14.3. The Morgan fingerprint density at radius 3 is 1.39 bits per heavy atom. The van der Waals surface area contributed by atoms with Crippen molar-refractivity contribution in [3.63, 3.8) is 0 Å². The predicted octanol–water partition coefficient (Wildman–Crippen LogP) is 19.7. The highest BCUT2D eigenvalue weighted by Gasteiger charge is 2.36. The number of benzene rings is 4. The fraction of sp³-hybridized carbons (Fsp3) is 0.316. The quantitative estimate of drug-likeness (QED) is 0.0573. The third kappa shape index (κ3) is 14.4. The van der Waals surface area contributed by atoms with Gasteiger partial charge in [-0.2, -0.15) is 0 Å². The zero-order valence-corrected chi connectivity index (χ0v) is 56.3. The van der Waals surface area contributed by atoms with Gasteiger partial charge in [-0.1, -0.05) is 123 Å². The first kappa shape index (κ1) is 62.6. The van der Waals surface area contributed by atoms with Crippen molar-refractivity contribution in [2.24, 2.45) is 20.8 Å². The summed E-state index contributed by atoms with van der Waals surface area (Å²) in [6.45, 7) is 30.7. The minimum atomic E-state index is -0.685. The molecule has 0 bridgehead atoms. The van der Waals surface area contributed by atoms with Gasteiger partial charge in [-0.25, -0.2) is 0 Å². The maximum atomic E-state index is 10.9. The van der Waals surface area contributed by atoms with Crippen LogP contribution in [-0.4, -0.2) is 52.5 Å². The molecule has 5 atom stereocenters. The van der Waals surface area contributed by atoms with E-state index in [4.69, 9.17) is 4.99 Å². The van der Waals surface area contributed by atoms with Crippen molar-refractivity contribution in [1.82, 2.24) is 29.9 Å². The molecule has 12 rings (SSSR count). The number of aryl methyl sites for hydroxylation is 8. The van der Waals surface area contributed by atoms with Crippen LogP contribution in [0.1, 0.15) is 196 Å². The van der Waals surface area contributed by atoms with Crippen molar-refractivity contribution >= 4 is 49.4 Å². The number of aliphatic hydroxyl groups is 1. The van der Waals surface area contributed by atoms with E-state index in [0.29, 0.717) is 6.04 Å². The molecule has 9 nitrogen and oxygen atoms in total. The number of halogens is 2. The van der Waals surface area contributed by atoms with Gasteiger partial charge in [0.1, 0.15) is 6.10 Å². The van der Waals surface area contributed by atoms with Gasteiger partial charge < -0.3 is 35.0 Å². The SMILES string of the molecule is CC1=N/C(=C\c2ccc[nH]2)C(C)(C)C1.CC1=NC(Cc2ccc(C(c3ccc(C)cc3)c3ccc(C(c4ccc(Br)[nH]4)c4c(C)cc(C)cc4C)[nH]3)[nH]2)C(C)(C)C1.Cc1ccc(C(O)c2ccc(C(c3ccc(Br)[nH]3)c3c(C)cc(C)cc3C)[nH]2)cc1. The summed E-state index contributed by atoms with van der Waals surface area (Å²) < 4.78 is 1.94. The number of hydrogen-bond donors (Lipinski definition) is 7. The van der Waals surface area contributed by atoms with Gasteiger partial charge in [0, 0.05) is 86.4 Å². The molecule has 0 spiro atoms. The third-order valence-electron chi connectivity index (χ3n) is 17.6. The van der Waals surface area contributed by atoms with E-state index in [1.165, 1.54) is 107 Å². The standard InChI is InChI=1S/C38H43BrN4.C26H27BrN2O.C12H16N2/c1-22-8-10-27(11-9-22)36(29-13-12-28(41-29)20-33-38(6,7)21-26(5)40-33)30-14-15-31(42-30)37(32-16-17-34(39)43-32)35-24(3)18-23(2)19-25(35)4;1-15-5-7-19(8-6-15)26(30)22-10-9-20(28-22)25(21-11-12-23(27)29-21)24-17(3)13-16(2)14-18(24)4;1-9-8-12(2,3)11(14-9)7-10-5-4-6-13-10/h8-19,33,36-37,41-43H,20-21H2,1-7H3;5-14,25-26,28-30H,1-4H3;4-7,13H,8H2,1-3H3/b;;11-7-. The average molecular weight is 1290 g/mol. The second-order valence-corrected chi connectivity index (χ2v) is 27.9. The van der Waals surface area contributed by atoms with Crippen molar-refractivity contribution in [2.45, 2.75) is 146 Å². The molecule has 2 aliphatic heterocycles. The highest BCUT2D eigenvalue weighted by Crippen LogP contribution is 2.42. The number of allylic oxidation sites excluding steroid dienone is 1. The van der Waals surface area contributed by atoms with Gasteiger partial charge in [0.05, 0.1) is 33.0 Å². The van der Waals surface area contributed by atoms with Crippen LogP contribution in [0, 0.1) is 66.2 Å². The van der Waals surface area contributed by atoms with Crippen molar-refractivity contribution in [3.8, 4) is 0 Å². The molecule has 0 fully saturated rings. The van der Waals surface area contributed by atoms with Crippen molar-refractivity contribution in [3.05, 3.63) is 285 Å². The molecule has 4 aromatic carbocycles. The Hall–Kier alpha value is -7.44. The summed E-state index contributed by atoms with van der Waals surface area (Å²) in [5.41, 5.74) is 29.0. The molecule has 10 aromatic rings. The van der Waals surface area contributed by atoms with Gasteiger partial charge in [0.2, 0.25) is 0 Å². The lowest BCUT2D eigenvalue weighted by molar-refractivity contribution is 0.216. The minimum Gasteiger partial charge on any atom is -0.382 e. The Morgan fingerprint density at radius 1 is 0.494 bits per heavy atom. The molecule has 0 saturated carbocycles.